The van der Waals surface area contributed by atoms with Crippen LogP contribution in [0.3, 0.4) is 0 Å². The third-order valence-corrected chi connectivity index (χ3v) is 10.8. The number of alkyl carbamates (subject to hydrolysis) is 1. The van der Waals surface area contributed by atoms with E-state index >= 15 is 0 Å². The van der Waals surface area contributed by atoms with Gasteiger partial charge < -0.3 is 24.6 Å². The maximum Gasteiger partial charge on any atom is 0.407 e. The van der Waals surface area contributed by atoms with E-state index < -0.39 is 38.8 Å². The number of fused-ring (bicyclic) bond motifs is 3. The molecule has 3 atom stereocenters. The topological polar surface area (TPSA) is 111 Å². The molecule has 2 N–H and O–H groups in total. The second-order valence-corrected chi connectivity index (χ2v) is 17.6. The summed E-state index contributed by atoms with van der Waals surface area (Å²) in [5.74, 6) is -1.32. The fourth-order valence-corrected chi connectivity index (χ4v) is 7.25. The van der Waals surface area contributed by atoms with Crippen molar-refractivity contribution in [3.8, 4) is 16.9 Å². The van der Waals surface area contributed by atoms with Gasteiger partial charge in [-0.2, -0.15) is 0 Å². The number of rotatable bonds is 13. The zero-order valence-corrected chi connectivity index (χ0v) is 26.5. The number of carbonyl (C=O) groups excluding carboxylic acids is 2. The number of hydrogen-bond donors (Lipinski definition) is 2. The minimum atomic E-state index is -1.86. The summed E-state index contributed by atoms with van der Waals surface area (Å²) in [5.41, 5.74) is 5.50. The van der Waals surface area contributed by atoms with Gasteiger partial charge in [0.1, 0.15) is 18.4 Å². The van der Waals surface area contributed by atoms with Gasteiger partial charge >= 0.3 is 18.0 Å². The van der Waals surface area contributed by atoms with Crippen LogP contribution in [0.2, 0.25) is 19.6 Å². The number of aliphatic carboxylic acids is 1. The molecule has 0 saturated carbocycles. The Hall–Kier alpha value is -4.11. The monoisotopic (exact) mass is 603 g/mol. The van der Waals surface area contributed by atoms with E-state index in [4.69, 9.17) is 19.3 Å². The summed E-state index contributed by atoms with van der Waals surface area (Å²) < 4.78 is 16.8. The molecule has 1 unspecified atom stereocenters. The molecule has 0 radical (unpaired) electrons. The fraction of sp³-hybridized carbons (Fsp3) is 0.382. The first kappa shape index (κ1) is 31.8. The van der Waals surface area contributed by atoms with Crippen LogP contribution in [0.25, 0.3) is 11.1 Å². The van der Waals surface area contributed by atoms with Gasteiger partial charge in [0.2, 0.25) is 0 Å². The van der Waals surface area contributed by atoms with Crippen LogP contribution in [0.1, 0.15) is 48.4 Å². The molecular weight excluding hydrogens is 562 g/mol. The number of benzene rings is 3. The Bertz CT molecular complexity index is 1390. The molecule has 3 aromatic carbocycles. The number of ether oxygens (including phenoxy) is 3. The van der Waals surface area contributed by atoms with E-state index in [1.165, 1.54) is 0 Å². The number of carboxylic acid groups (broad SMARTS) is 1. The van der Waals surface area contributed by atoms with Crippen molar-refractivity contribution >= 4 is 26.1 Å². The van der Waals surface area contributed by atoms with Crippen LogP contribution in [0, 0.1) is 5.92 Å². The zero-order valence-electron chi connectivity index (χ0n) is 25.5. The standard InChI is InChI=1S/C34H41NO7Si/c1-6-22(2)32(33(38)41-20-30(43(3,4)5)23-15-17-24(18-16-23)40-21-31(36)37)35-34(39)42-19-29-27-13-9-7-11-25(27)26-12-8-10-14-28(26)29/h7-18,22,29-30,32H,6,19-21H2,1-5H3,(H,35,39)(H,36,37)/t22-,30?,32-/m0/s1. The molecule has 4 rings (SSSR count). The van der Waals surface area contributed by atoms with E-state index in [2.05, 4.69) is 49.2 Å². The normalized spacial score (nSPS) is 14.5. The van der Waals surface area contributed by atoms with E-state index in [1.807, 2.05) is 50.2 Å². The molecule has 228 valence electrons. The first-order chi connectivity index (χ1) is 20.5. The lowest BCUT2D eigenvalue weighted by molar-refractivity contribution is -0.147. The molecule has 1 amide bonds. The molecule has 1 aliphatic rings. The van der Waals surface area contributed by atoms with Crippen LogP contribution < -0.4 is 10.1 Å². The molecule has 0 saturated heterocycles. The van der Waals surface area contributed by atoms with Gasteiger partial charge in [0.25, 0.3) is 0 Å². The van der Waals surface area contributed by atoms with Crippen LogP contribution in [0.15, 0.2) is 72.8 Å². The van der Waals surface area contributed by atoms with E-state index in [9.17, 15) is 14.4 Å². The molecular formula is C34H41NO7Si. The number of amides is 1. The predicted molar refractivity (Wildman–Crippen MR) is 168 cm³/mol. The molecule has 0 heterocycles. The largest absolute Gasteiger partial charge is 0.482 e. The van der Waals surface area contributed by atoms with Gasteiger partial charge in [0, 0.05) is 11.5 Å². The zero-order chi connectivity index (χ0) is 31.1. The molecule has 9 heteroatoms. The highest BCUT2D eigenvalue weighted by Gasteiger charge is 2.34. The molecule has 0 spiro atoms. The smallest absolute Gasteiger partial charge is 0.407 e. The molecule has 1 aliphatic carbocycles. The van der Waals surface area contributed by atoms with Crippen molar-refractivity contribution in [3.05, 3.63) is 89.5 Å². The van der Waals surface area contributed by atoms with Crippen molar-refractivity contribution in [1.29, 1.82) is 0 Å². The molecule has 43 heavy (non-hydrogen) atoms. The summed E-state index contributed by atoms with van der Waals surface area (Å²) in [5, 5.41) is 11.6. The number of hydrogen-bond acceptors (Lipinski definition) is 6. The maximum atomic E-state index is 13.4. The minimum Gasteiger partial charge on any atom is -0.482 e. The first-order valence-electron chi connectivity index (χ1n) is 14.7. The van der Waals surface area contributed by atoms with Crippen molar-refractivity contribution in [3.63, 3.8) is 0 Å². The van der Waals surface area contributed by atoms with E-state index in [0.29, 0.717) is 12.2 Å². The van der Waals surface area contributed by atoms with Crippen LogP contribution >= 0.6 is 0 Å². The Balaban J connectivity index is 1.39. The molecule has 0 aromatic heterocycles. The molecule has 0 fully saturated rings. The SMILES string of the molecule is CC[C@H](C)[C@H](NC(=O)OCC1c2ccccc2-c2ccccc21)C(=O)OCC(c1ccc(OCC(=O)O)cc1)[Si](C)(C)C. The lowest BCUT2D eigenvalue weighted by atomic mass is 9.98. The summed E-state index contributed by atoms with van der Waals surface area (Å²) in [6.07, 6.45) is 0.0152. The van der Waals surface area contributed by atoms with Crippen molar-refractivity contribution < 1.29 is 33.7 Å². The molecule has 0 aliphatic heterocycles. The Morgan fingerprint density at radius 2 is 1.47 bits per heavy atom. The number of esters is 1. The summed E-state index contributed by atoms with van der Waals surface area (Å²) in [6, 6.07) is 22.7. The summed E-state index contributed by atoms with van der Waals surface area (Å²) in [7, 11) is -1.86. The van der Waals surface area contributed by atoms with Gasteiger partial charge in [0.15, 0.2) is 6.61 Å². The van der Waals surface area contributed by atoms with Crippen molar-refractivity contribution in [2.45, 2.75) is 57.4 Å². The Labute approximate surface area is 254 Å². The van der Waals surface area contributed by atoms with Crippen molar-refractivity contribution in [2.24, 2.45) is 5.92 Å². The first-order valence-corrected chi connectivity index (χ1v) is 18.3. The molecule has 0 bridgehead atoms. The summed E-state index contributed by atoms with van der Waals surface area (Å²) in [6.45, 7) is 10.4. The number of carbonyl (C=O) groups is 3. The second kappa shape index (κ2) is 13.9. The summed E-state index contributed by atoms with van der Waals surface area (Å²) in [4.78, 5) is 37.2. The lowest BCUT2D eigenvalue weighted by Crippen LogP contribution is -2.47. The van der Waals surface area contributed by atoms with Gasteiger partial charge in [0.05, 0.1) is 14.7 Å². The number of carboxylic acids is 1. The van der Waals surface area contributed by atoms with Crippen LogP contribution in [0.4, 0.5) is 4.79 Å². The van der Waals surface area contributed by atoms with Crippen LogP contribution in [-0.4, -0.2) is 57.1 Å². The average molecular weight is 604 g/mol. The van der Waals surface area contributed by atoms with Crippen LogP contribution in [0.5, 0.6) is 5.75 Å². The number of nitrogens with one attached hydrogen (secondary N) is 1. The maximum absolute atomic E-state index is 13.4. The fourth-order valence-electron chi connectivity index (χ4n) is 5.48. The summed E-state index contributed by atoms with van der Waals surface area (Å²) >= 11 is 0. The highest BCUT2D eigenvalue weighted by molar-refractivity contribution is 6.77. The van der Waals surface area contributed by atoms with Gasteiger partial charge in [-0.3, -0.25) is 0 Å². The van der Waals surface area contributed by atoms with Gasteiger partial charge in [-0.25, -0.2) is 14.4 Å². The minimum absolute atomic E-state index is 0.0167. The molecule has 8 nitrogen and oxygen atoms in total. The average Bonchev–Trinajstić information content (AvgIpc) is 3.30. The Kier molecular flexibility index (Phi) is 10.3. The quantitative estimate of drug-likeness (QED) is 0.167. The van der Waals surface area contributed by atoms with E-state index in [-0.39, 0.29) is 30.6 Å². The highest BCUT2D eigenvalue weighted by atomic mass is 28.3. The third kappa shape index (κ3) is 7.84. The third-order valence-electron chi connectivity index (χ3n) is 8.17. The Morgan fingerprint density at radius 3 is 2.00 bits per heavy atom. The van der Waals surface area contributed by atoms with Crippen LogP contribution in [-0.2, 0) is 19.1 Å². The van der Waals surface area contributed by atoms with E-state index in [0.717, 1.165) is 27.8 Å². The van der Waals surface area contributed by atoms with E-state index in [1.54, 1.807) is 12.1 Å². The van der Waals surface area contributed by atoms with Crippen molar-refractivity contribution in [1.82, 2.24) is 5.32 Å². The Morgan fingerprint density at radius 1 is 0.884 bits per heavy atom. The molecule has 3 aromatic rings. The highest BCUT2D eigenvalue weighted by Crippen LogP contribution is 2.44. The second-order valence-electron chi connectivity index (χ2n) is 12.1. The van der Waals surface area contributed by atoms with Gasteiger partial charge in [-0.05, 0) is 45.9 Å². The lowest BCUT2D eigenvalue weighted by Gasteiger charge is -2.30. The van der Waals surface area contributed by atoms with Gasteiger partial charge in [-0.15, -0.1) is 0 Å². The predicted octanol–water partition coefficient (Wildman–Crippen LogP) is 6.61. The van der Waals surface area contributed by atoms with Crippen molar-refractivity contribution in [2.75, 3.05) is 19.8 Å². The van der Waals surface area contributed by atoms with Gasteiger partial charge in [-0.1, -0.05) is 101 Å².